The summed E-state index contributed by atoms with van der Waals surface area (Å²) in [5.74, 6) is 2.87. The zero-order valence-electron chi connectivity index (χ0n) is 13.8. The molecule has 3 atom stereocenters. The Kier molecular flexibility index (Phi) is 4.19. The number of rotatable bonds is 5. The predicted molar refractivity (Wildman–Crippen MR) is 89.5 cm³/mol. The molecule has 2 aliphatic carbocycles. The summed E-state index contributed by atoms with van der Waals surface area (Å²) in [5.41, 5.74) is 1.21. The normalized spacial score (nSPS) is 32.4. The molecule has 4 rings (SSSR count). The van der Waals surface area contributed by atoms with Gasteiger partial charge in [0.25, 0.3) is 0 Å². The summed E-state index contributed by atoms with van der Waals surface area (Å²) < 4.78 is 0. The lowest BCUT2D eigenvalue weighted by atomic mass is 9.77. The van der Waals surface area contributed by atoms with Crippen LogP contribution < -0.4 is 0 Å². The molecule has 0 aromatic carbocycles. The largest absolute Gasteiger partial charge is 0.302 e. The number of pyridine rings is 1. The van der Waals surface area contributed by atoms with E-state index < -0.39 is 0 Å². The first-order valence-electron chi connectivity index (χ1n) is 9.12. The minimum Gasteiger partial charge on any atom is -0.302 e. The van der Waals surface area contributed by atoms with Gasteiger partial charge in [-0.1, -0.05) is 12.5 Å². The third-order valence-corrected chi connectivity index (χ3v) is 6.05. The van der Waals surface area contributed by atoms with Crippen molar-refractivity contribution in [3.8, 4) is 0 Å². The maximum absolute atomic E-state index is 4.51. The van der Waals surface area contributed by atoms with Gasteiger partial charge in [-0.05, 0) is 62.6 Å². The summed E-state index contributed by atoms with van der Waals surface area (Å²) in [5, 5.41) is 0. The number of hydrogen-bond acceptors (Lipinski definition) is 3. The molecule has 22 heavy (non-hydrogen) atoms. The molecule has 0 spiro atoms. The molecule has 2 heterocycles. The zero-order valence-corrected chi connectivity index (χ0v) is 13.8. The SMILES string of the molecule is CN(Cc1ccccn1)[C@H]1CCC[C@@H]2CN(CC3CC3)C[C@@H]21. The molecular formula is C19H29N3. The van der Waals surface area contributed by atoms with Gasteiger partial charge in [-0.3, -0.25) is 9.88 Å². The Balaban J connectivity index is 1.39. The lowest BCUT2D eigenvalue weighted by molar-refractivity contribution is 0.104. The van der Waals surface area contributed by atoms with Crippen LogP contribution in [-0.2, 0) is 6.54 Å². The Morgan fingerprint density at radius 1 is 1.18 bits per heavy atom. The van der Waals surface area contributed by atoms with Crippen molar-refractivity contribution < 1.29 is 0 Å². The van der Waals surface area contributed by atoms with Crippen molar-refractivity contribution in [3.63, 3.8) is 0 Å². The number of hydrogen-bond donors (Lipinski definition) is 0. The van der Waals surface area contributed by atoms with E-state index in [1.807, 2.05) is 12.3 Å². The van der Waals surface area contributed by atoms with Crippen LogP contribution in [0, 0.1) is 17.8 Å². The van der Waals surface area contributed by atoms with Gasteiger partial charge in [0.15, 0.2) is 0 Å². The van der Waals surface area contributed by atoms with E-state index in [9.17, 15) is 0 Å². The quantitative estimate of drug-likeness (QED) is 0.833. The van der Waals surface area contributed by atoms with Gasteiger partial charge in [0.1, 0.15) is 0 Å². The molecule has 1 saturated heterocycles. The maximum atomic E-state index is 4.51. The Morgan fingerprint density at radius 2 is 2.09 bits per heavy atom. The van der Waals surface area contributed by atoms with Crippen molar-refractivity contribution >= 4 is 0 Å². The van der Waals surface area contributed by atoms with Gasteiger partial charge in [-0.15, -0.1) is 0 Å². The van der Waals surface area contributed by atoms with Crippen molar-refractivity contribution in [2.24, 2.45) is 17.8 Å². The van der Waals surface area contributed by atoms with Crippen LogP contribution in [0.4, 0.5) is 0 Å². The molecule has 0 N–H and O–H groups in total. The maximum Gasteiger partial charge on any atom is 0.0543 e. The molecule has 0 amide bonds. The van der Waals surface area contributed by atoms with Crippen LogP contribution in [0.15, 0.2) is 24.4 Å². The molecule has 1 aliphatic heterocycles. The third-order valence-electron chi connectivity index (χ3n) is 6.05. The monoisotopic (exact) mass is 299 g/mol. The minimum absolute atomic E-state index is 0.755. The van der Waals surface area contributed by atoms with Crippen molar-refractivity contribution in [1.29, 1.82) is 0 Å². The molecule has 1 aromatic rings. The molecular weight excluding hydrogens is 270 g/mol. The first-order valence-corrected chi connectivity index (χ1v) is 9.12. The van der Waals surface area contributed by atoms with Gasteiger partial charge in [0.2, 0.25) is 0 Å². The molecule has 0 unspecified atom stereocenters. The van der Waals surface area contributed by atoms with E-state index in [-0.39, 0.29) is 0 Å². The molecule has 120 valence electrons. The van der Waals surface area contributed by atoms with Crippen LogP contribution in [0.5, 0.6) is 0 Å². The Morgan fingerprint density at radius 3 is 2.86 bits per heavy atom. The predicted octanol–water partition coefficient (Wildman–Crippen LogP) is 3.02. The highest BCUT2D eigenvalue weighted by Crippen LogP contribution is 2.40. The number of fused-ring (bicyclic) bond motifs is 1. The Bertz CT molecular complexity index is 485. The van der Waals surface area contributed by atoms with Crippen molar-refractivity contribution in [2.75, 3.05) is 26.7 Å². The second-order valence-corrected chi connectivity index (χ2v) is 7.82. The van der Waals surface area contributed by atoms with E-state index in [0.29, 0.717) is 0 Å². The second-order valence-electron chi connectivity index (χ2n) is 7.82. The van der Waals surface area contributed by atoms with Crippen molar-refractivity contribution in [2.45, 2.75) is 44.7 Å². The van der Waals surface area contributed by atoms with Crippen LogP contribution >= 0.6 is 0 Å². The second kappa shape index (κ2) is 6.29. The summed E-state index contributed by atoms with van der Waals surface area (Å²) in [7, 11) is 2.31. The van der Waals surface area contributed by atoms with Crippen molar-refractivity contribution in [3.05, 3.63) is 30.1 Å². The van der Waals surface area contributed by atoms with E-state index in [1.54, 1.807) is 0 Å². The fourth-order valence-corrected chi connectivity index (χ4v) is 4.76. The van der Waals surface area contributed by atoms with Crippen LogP contribution in [0.1, 0.15) is 37.8 Å². The summed E-state index contributed by atoms with van der Waals surface area (Å²) in [6, 6.07) is 7.02. The molecule has 3 heteroatoms. The average molecular weight is 299 g/mol. The smallest absolute Gasteiger partial charge is 0.0543 e. The Labute approximate surface area is 134 Å². The van der Waals surface area contributed by atoms with Gasteiger partial charge in [0.05, 0.1) is 5.69 Å². The number of nitrogens with zero attached hydrogens (tertiary/aromatic N) is 3. The van der Waals surface area contributed by atoms with Crippen LogP contribution in [0.3, 0.4) is 0 Å². The third kappa shape index (κ3) is 3.21. The minimum atomic E-state index is 0.755. The Hall–Kier alpha value is -0.930. The van der Waals surface area contributed by atoms with Gasteiger partial charge >= 0.3 is 0 Å². The van der Waals surface area contributed by atoms with Crippen LogP contribution in [-0.4, -0.2) is 47.5 Å². The summed E-state index contributed by atoms with van der Waals surface area (Å²) in [6.45, 7) is 5.09. The number of aromatic nitrogens is 1. The number of likely N-dealkylation sites (tertiary alicyclic amines) is 1. The fourth-order valence-electron chi connectivity index (χ4n) is 4.76. The molecule has 2 saturated carbocycles. The first kappa shape index (κ1) is 14.6. The summed E-state index contributed by atoms with van der Waals surface area (Å²) in [6.07, 6.45) is 9.13. The standard InChI is InChI=1S/C19H29N3/c1-21(13-17-6-2-3-10-20-17)19-7-4-5-16-12-22(14-18(16)19)11-15-8-9-15/h2-3,6,10,15-16,18-19H,4-5,7-9,11-14H2,1H3/t16-,18+,19+/m1/s1. The lowest BCUT2D eigenvalue weighted by Crippen LogP contribution is -2.43. The van der Waals surface area contributed by atoms with Crippen molar-refractivity contribution in [1.82, 2.24) is 14.8 Å². The van der Waals surface area contributed by atoms with Gasteiger partial charge in [-0.25, -0.2) is 0 Å². The van der Waals surface area contributed by atoms with Crippen LogP contribution in [0.25, 0.3) is 0 Å². The highest BCUT2D eigenvalue weighted by atomic mass is 15.2. The molecule has 0 radical (unpaired) electrons. The average Bonchev–Trinajstić information content (AvgIpc) is 3.24. The fraction of sp³-hybridized carbons (Fsp3) is 0.737. The molecule has 3 nitrogen and oxygen atoms in total. The first-order chi connectivity index (χ1) is 10.8. The molecule has 0 bridgehead atoms. The molecule has 1 aromatic heterocycles. The summed E-state index contributed by atoms with van der Waals surface area (Å²) in [4.78, 5) is 9.87. The van der Waals surface area contributed by atoms with E-state index in [0.717, 1.165) is 30.3 Å². The molecule has 3 fully saturated rings. The highest BCUT2D eigenvalue weighted by molar-refractivity contribution is 5.04. The summed E-state index contributed by atoms with van der Waals surface area (Å²) >= 11 is 0. The van der Waals surface area contributed by atoms with Gasteiger partial charge in [0, 0.05) is 38.4 Å². The van der Waals surface area contributed by atoms with E-state index in [1.165, 1.54) is 57.4 Å². The van der Waals surface area contributed by atoms with Gasteiger partial charge in [-0.2, -0.15) is 0 Å². The highest BCUT2D eigenvalue weighted by Gasteiger charge is 2.42. The topological polar surface area (TPSA) is 19.4 Å². The zero-order chi connectivity index (χ0) is 14.9. The van der Waals surface area contributed by atoms with Gasteiger partial charge < -0.3 is 4.90 Å². The van der Waals surface area contributed by atoms with Crippen LogP contribution in [0.2, 0.25) is 0 Å². The van der Waals surface area contributed by atoms with E-state index >= 15 is 0 Å². The molecule has 3 aliphatic rings. The van der Waals surface area contributed by atoms with E-state index in [4.69, 9.17) is 0 Å². The van der Waals surface area contributed by atoms with E-state index in [2.05, 4.69) is 34.0 Å². The lowest BCUT2D eigenvalue weighted by Gasteiger charge is -2.39.